The molecule has 0 aliphatic carbocycles. The first-order chi connectivity index (χ1) is 10.1. The predicted octanol–water partition coefficient (Wildman–Crippen LogP) is 2.79. The van der Waals surface area contributed by atoms with Gasteiger partial charge in [0, 0.05) is 15.5 Å². The third-order valence-electron chi connectivity index (χ3n) is 2.63. The number of amides is 1. The molecule has 0 bridgehead atoms. The number of ether oxygens (including phenoxy) is 1. The van der Waals surface area contributed by atoms with Crippen molar-refractivity contribution in [3.63, 3.8) is 0 Å². The fraction of sp³-hybridized carbons (Fsp3) is 0.133. The molecule has 1 aromatic heterocycles. The topological polar surface area (TPSA) is 68.3 Å². The lowest BCUT2D eigenvalue weighted by atomic mass is 10.2. The van der Waals surface area contributed by atoms with Crippen LogP contribution >= 0.6 is 22.6 Å². The minimum absolute atomic E-state index is 0.322. The minimum Gasteiger partial charge on any atom is -0.452 e. The van der Waals surface area contributed by atoms with E-state index in [1.807, 2.05) is 25.1 Å². The Bertz CT molecular complexity index is 656. The van der Waals surface area contributed by atoms with Gasteiger partial charge in [0.15, 0.2) is 6.61 Å². The van der Waals surface area contributed by atoms with Gasteiger partial charge in [-0.3, -0.25) is 9.78 Å². The van der Waals surface area contributed by atoms with Crippen molar-refractivity contribution < 1.29 is 14.3 Å². The van der Waals surface area contributed by atoms with E-state index in [4.69, 9.17) is 4.74 Å². The molecule has 0 saturated carbocycles. The van der Waals surface area contributed by atoms with Crippen molar-refractivity contribution in [3.8, 4) is 0 Å². The number of esters is 1. The maximum Gasteiger partial charge on any atom is 0.340 e. The highest BCUT2D eigenvalue weighted by molar-refractivity contribution is 14.1. The third kappa shape index (κ3) is 4.52. The number of halogens is 1. The number of hydrogen-bond acceptors (Lipinski definition) is 4. The number of nitrogens with zero attached hydrogens (tertiary/aromatic N) is 1. The fourth-order valence-corrected chi connectivity index (χ4v) is 2.07. The van der Waals surface area contributed by atoms with E-state index in [0.29, 0.717) is 11.3 Å². The lowest BCUT2D eigenvalue weighted by Gasteiger charge is -2.08. The molecule has 0 aliphatic heterocycles. The van der Waals surface area contributed by atoms with Crippen molar-refractivity contribution in [2.75, 3.05) is 11.9 Å². The standard InChI is InChI=1S/C15H13IN2O3/c1-10-6-7-11(8-17-10)15(20)21-9-14(19)18-13-5-3-2-4-12(13)16/h2-8H,9H2,1H3,(H,18,19). The molecule has 21 heavy (non-hydrogen) atoms. The summed E-state index contributed by atoms with van der Waals surface area (Å²) in [6.45, 7) is 1.49. The number of para-hydroxylation sites is 1. The summed E-state index contributed by atoms with van der Waals surface area (Å²) < 4.78 is 5.86. The first kappa shape index (κ1) is 15.4. The number of aromatic nitrogens is 1. The number of nitrogens with one attached hydrogen (secondary N) is 1. The zero-order chi connectivity index (χ0) is 15.2. The van der Waals surface area contributed by atoms with Crippen LogP contribution in [0.4, 0.5) is 5.69 Å². The SMILES string of the molecule is Cc1ccc(C(=O)OCC(=O)Nc2ccccc2I)cn1. The van der Waals surface area contributed by atoms with Gasteiger partial charge in [-0.05, 0) is 53.8 Å². The summed E-state index contributed by atoms with van der Waals surface area (Å²) in [4.78, 5) is 27.5. The number of carbonyl (C=O) groups excluding carboxylic acids is 2. The zero-order valence-electron chi connectivity index (χ0n) is 11.3. The third-order valence-corrected chi connectivity index (χ3v) is 3.57. The van der Waals surface area contributed by atoms with Crippen LogP contribution in [0.15, 0.2) is 42.6 Å². The number of pyridine rings is 1. The van der Waals surface area contributed by atoms with Gasteiger partial charge in [0.2, 0.25) is 0 Å². The smallest absolute Gasteiger partial charge is 0.340 e. The van der Waals surface area contributed by atoms with Crippen molar-refractivity contribution in [2.24, 2.45) is 0 Å². The van der Waals surface area contributed by atoms with E-state index in [0.717, 1.165) is 9.26 Å². The van der Waals surface area contributed by atoms with Crippen LogP contribution in [0.5, 0.6) is 0 Å². The quantitative estimate of drug-likeness (QED) is 0.638. The van der Waals surface area contributed by atoms with Gasteiger partial charge in [-0.25, -0.2) is 4.79 Å². The van der Waals surface area contributed by atoms with Gasteiger partial charge in [-0.2, -0.15) is 0 Å². The Kier molecular flexibility index (Phi) is 5.26. The average Bonchev–Trinajstić information content (AvgIpc) is 2.48. The van der Waals surface area contributed by atoms with E-state index in [2.05, 4.69) is 32.9 Å². The summed E-state index contributed by atoms with van der Waals surface area (Å²) in [6.07, 6.45) is 1.43. The molecule has 0 spiro atoms. The van der Waals surface area contributed by atoms with Crippen LogP contribution in [0.1, 0.15) is 16.1 Å². The van der Waals surface area contributed by atoms with Crippen molar-refractivity contribution in [3.05, 3.63) is 57.4 Å². The molecule has 0 saturated heterocycles. The minimum atomic E-state index is -0.569. The van der Waals surface area contributed by atoms with Crippen LogP contribution in [0.25, 0.3) is 0 Å². The van der Waals surface area contributed by atoms with Crippen molar-refractivity contribution >= 4 is 40.2 Å². The van der Waals surface area contributed by atoms with Gasteiger partial charge in [-0.15, -0.1) is 0 Å². The molecule has 108 valence electrons. The molecule has 0 fully saturated rings. The van der Waals surface area contributed by atoms with Gasteiger partial charge < -0.3 is 10.1 Å². The maximum absolute atomic E-state index is 11.7. The average molecular weight is 396 g/mol. The van der Waals surface area contributed by atoms with Gasteiger partial charge in [0.05, 0.1) is 11.3 Å². The molecule has 1 N–H and O–H groups in total. The van der Waals surface area contributed by atoms with E-state index in [1.54, 1.807) is 18.2 Å². The highest BCUT2D eigenvalue weighted by Gasteiger charge is 2.11. The van der Waals surface area contributed by atoms with Crippen LogP contribution in [0.2, 0.25) is 0 Å². The molecule has 5 nitrogen and oxygen atoms in total. The van der Waals surface area contributed by atoms with Crippen LogP contribution in [0, 0.1) is 10.5 Å². The van der Waals surface area contributed by atoms with E-state index in [1.165, 1.54) is 6.20 Å². The summed E-state index contributed by atoms with van der Waals surface area (Å²) in [5.74, 6) is -0.951. The molecule has 6 heteroatoms. The second kappa shape index (κ2) is 7.16. The largest absolute Gasteiger partial charge is 0.452 e. The predicted molar refractivity (Wildman–Crippen MR) is 87.0 cm³/mol. The summed E-state index contributed by atoms with van der Waals surface area (Å²) in [7, 11) is 0. The Morgan fingerprint density at radius 3 is 2.67 bits per heavy atom. The zero-order valence-corrected chi connectivity index (χ0v) is 13.5. The molecule has 0 radical (unpaired) electrons. The Hall–Kier alpha value is -1.96. The first-order valence-electron chi connectivity index (χ1n) is 6.20. The van der Waals surface area contributed by atoms with Gasteiger partial charge in [-0.1, -0.05) is 12.1 Å². The van der Waals surface area contributed by atoms with Crippen molar-refractivity contribution in [1.82, 2.24) is 4.98 Å². The molecule has 2 aromatic rings. The maximum atomic E-state index is 11.7. The second-order valence-electron chi connectivity index (χ2n) is 4.29. The molecule has 1 heterocycles. The number of hydrogen-bond donors (Lipinski definition) is 1. The molecule has 0 aliphatic rings. The lowest BCUT2D eigenvalue weighted by molar-refractivity contribution is -0.119. The fourth-order valence-electron chi connectivity index (χ4n) is 1.55. The number of carbonyl (C=O) groups is 2. The molecule has 1 aromatic carbocycles. The highest BCUT2D eigenvalue weighted by atomic mass is 127. The highest BCUT2D eigenvalue weighted by Crippen LogP contribution is 2.16. The van der Waals surface area contributed by atoms with Crippen molar-refractivity contribution in [2.45, 2.75) is 6.92 Å². The monoisotopic (exact) mass is 396 g/mol. The summed E-state index contributed by atoms with van der Waals surface area (Å²) >= 11 is 2.12. The van der Waals surface area contributed by atoms with Crippen LogP contribution < -0.4 is 5.32 Å². The van der Waals surface area contributed by atoms with Crippen LogP contribution in [0.3, 0.4) is 0 Å². The number of benzene rings is 1. The Balaban J connectivity index is 1.88. The van der Waals surface area contributed by atoms with Crippen molar-refractivity contribution in [1.29, 1.82) is 0 Å². The van der Waals surface area contributed by atoms with E-state index in [-0.39, 0.29) is 12.5 Å². The summed E-state index contributed by atoms with van der Waals surface area (Å²) in [5.41, 5.74) is 1.82. The summed E-state index contributed by atoms with van der Waals surface area (Å²) in [5, 5.41) is 2.69. The van der Waals surface area contributed by atoms with Gasteiger partial charge in [0.1, 0.15) is 0 Å². The van der Waals surface area contributed by atoms with E-state index in [9.17, 15) is 9.59 Å². The molecular weight excluding hydrogens is 383 g/mol. The van der Waals surface area contributed by atoms with Gasteiger partial charge >= 0.3 is 5.97 Å². The van der Waals surface area contributed by atoms with Gasteiger partial charge in [0.25, 0.3) is 5.91 Å². The molecular formula is C15H13IN2O3. The Morgan fingerprint density at radius 1 is 1.24 bits per heavy atom. The number of aryl methyl sites for hydroxylation is 1. The lowest BCUT2D eigenvalue weighted by Crippen LogP contribution is -2.21. The number of rotatable bonds is 4. The van der Waals surface area contributed by atoms with Crippen LogP contribution in [-0.2, 0) is 9.53 Å². The first-order valence-corrected chi connectivity index (χ1v) is 7.28. The normalized spacial score (nSPS) is 10.0. The van der Waals surface area contributed by atoms with E-state index >= 15 is 0 Å². The molecule has 0 unspecified atom stereocenters. The molecule has 0 atom stereocenters. The summed E-state index contributed by atoms with van der Waals surface area (Å²) in [6, 6.07) is 10.7. The van der Waals surface area contributed by atoms with E-state index < -0.39 is 5.97 Å². The second-order valence-corrected chi connectivity index (χ2v) is 5.45. The Labute approximate surface area is 135 Å². The Morgan fingerprint density at radius 2 is 2.00 bits per heavy atom. The molecule has 2 rings (SSSR count). The number of anilines is 1. The molecule has 1 amide bonds. The van der Waals surface area contributed by atoms with Crippen LogP contribution in [-0.4, -0.2) is 23.5 Å².